The van der Waals surface area contributed by atoms with Crippen LogP contribution in [0, 0.1) is 0 Å². The first-order valence-electron chi connectivity index (χ1n) is 19.5. The van der Waals surface area contributed by atoms with E-state index in [1.54, 1.807) is 0 Å². The molecule has 0 radical (unpaired) electrons. The van der Waals surface area contributed by atoms with Crippen molar-refractivity contribution in [2.24, 2.45) is 0 Å². The monoisotopic (exact) mass is 742 g/mol. The van der Waals surface area contributed by atoms with Gasteiger partial charge in [0.15, 0.2) is 0 Å². The number of hydrogen-bond donors (Lipinski definition) is 0. The van der Waals surface area contributed by atoms with Gasteiger partial charge in [-0.2, -0.15) is 0 Å². The van der Waals surface area contributed by atoms with Crippen LogP contribution < -0.4 is 0 Å². The Morgan fingerprint density at radius 1 is 0.298 bits per heavy atom. The second-order valence-electron chi connectivity index (χ2n) is 14.9. The van der Waals surface area contributed by atoms with Crippen LogP contribution in [-0.4, -0.2) is 9.13 Å². The molecule has 0 spiro atoms. The molecule has 57 heavy (non-hydrogen) atoms. The first-order valence-corrected chi connectivity index (χ1v) is 20.3. The van der Waals surface area contributed by atoms with Crippen LogP contribution in [0.25, 0.3) is 109 Å². The fourth-order valence-corrected chi connectivity index (χ4v) is 10.4. The van der Waals surface area contributed by atoms with E-state index in [0.29, 0.717) is 0 Å². The van der Waals surface area contributed by atoms with Crippen LogP contribution in [0.3, 0.4) is 0 Å². The van der Waals surface area contributed by atoms with Gasteiger partial charge in [0.25, 0.3) is 0 Å². The Morgan fingerprint density at radius 3 is 1.74 bits per heavy atom. The summed E-state index contributed by atoms with van der Waals surface area (Å²) in [7, 11) is 0. The summed E-state index contributed by atoms with van der Waals surface area (Å²) in [5, 5.41) is 7.60. The van der Waals surface area contributed by atoms with Crippen molar-refractivity contribution in [2.75, 3.05) is 0 Å². The van der Waals surface area contributed by atoms with Crippen molar-refractivity contribution < 1.29 is 0 Å². The molecular weight excluding hydrogens is 709 g/mol. The molecule has 0 bridgehead atoms. The zero-order chi connectivity index (χ0) is 37.5. The molecule has 0 N–H and O–H groups in total. The number of nitrogens with zero attached hydrogens (tertiary/aromatic N) is 2. The molecular formula is C54H34N2S. The predicted molar refractivity (Wildman–Crippen MR) is 244 cm³/mol. The molecule has 0 atom stereocenters. The summed E-state index contributed by atoms with van der Waals surface area (Å²) >= 11 is 1.89. The Bertz CT molecular complexity index is 3510. The highest BCUT2D eigenvalue weighted by molar-refractivity contribution is 7.26. The molecule has 0 amide bonds. The van der Waals surface area contributed by atoms with Crippen molar-refractivity contribution >= 4 is 75.1 Å². The second kappa shape index (κ2) is 12.7. The quantitative estimate of drug-likeness (QED) is 0.166. The third-order valence-electron chi connectivity index (χ3n) is 11.7. The van der Waals surface area contributed by atoms with Gasteiger partial charge < -0.3 is 9.13 Å². The molecule has 12 aromatic rings. The minimum absolute atomic E-state index is 1.16. The second-order valence-corrected chi connectivity index (χ2v) is 15.9. The third kappa shape index (κ3) is 4.96. The largest absolute Gasteiger partial charge is 0.309 e. The maximum Gasteiger partial charge on any atom is 0.0547 e. The highest BCUT2D eigenvalue weighted by atomic mass is 32.1. The van der Waals surface area contributed by atoms with Crippen LogP contribution in [0.1, 0.15) is 0 Å². The number of fused-ring (bicyclic) bond motifs is 9. The van der Waals surface area contributed by atoms with Gasteiger partial charge in [0.1, 0.15) is 0 Å². The highest BCUT2D eigenvalue weighted by Gasteiger charge is 2.20. The summed E-state index contributed by atoms with van der Waals surface area (Å²) in [5.74, 6) is 0. The van der Waals surface area contributed by atoms with Gasteiger partial charge in [0, 0.05) is 58.7 Å². The van der Waals surface area contributed by atoms with Gasteiger partial charge in [-0.25, -0.2) is 0 Å². The van der Waals surface area contributed by atoms with Gasteiger partial charge in [-0.05, 0) is 88.5 Å². The van der Waals surface area contributed by atoms with Crippen molar-refractivity contribution in [3.05, 3.63) is 206 Å². The normalized spacial score (nSPS) is 11.9. The van der Waals surface area contributed by atoms with Crippen molar-refractivity contribution in [3.8, 4) is 44.8 Å². The van der Waals surface area contributed by atoms with Gasteiger partial charge in [-0.15, -0.1) is 11.3 Å². The molecule has 0 saturated heterocycles. The van der Waals surface area contributed by atoms with Crippen LogP contribution in [0.15, 0.2) is 206 Å². The maximum atomic E-state index is 2.50. The molecule has 0 aliphatic carbocycles. The van der Waals surface area contributed by atoms with Crippen molar-refractivity contribution in [1.82, 2.24) is 9.13 Å². The lowest BCUT2D eigenvalue weighted by atomic mass is 9.97. The number of hydrogen-bond acceptors (Lipinski definition) is 1. The minimum Gasteiger partial charge on any atom is -0.309 e. The molecule has 3 aromatic heterocycles. The zero-order valence-corrected chi connectivity index (χ0v) is 31.7. The Kier molecular flexibility index (Phi) is 7.13. The smallest absolute Gasteiger partial charge is 0.0547 e. The van der Waals surface area contributed by atoms with Gasteiger partial charge in [-0.3, -0.25) is 0 Å². The number of para-hydroxylation sites is 3. The highest BCUT2D eigenvalue weighted by Crippen LogP contribution is 2.45. The number of benzene rings is 9. The van der Waals surface area contributed by atoms with Crippen molar-refractivity contribution in [1.29, 1.82) is 0 Å². The topological polar surface area (TPSA) is 9.86 Å². The maximum absolute atomic E-state index is 2.50. The van der Waals surface area contributed by atoms with E-state index in [1.165, 1.54) is 97.2 Å². The number of aromatic nitrogens is 2. The van der Waals surface area contributed by atoms with E-state index in [0.717, 1.165) is 11.4 Å². The standard InChI is InChI=1S/C54H34N2S/c1-3-15-35(16-4-1)36-17-13-18-37(31-36)46-33-40(34-47-44-22-9-12-28-52(44)57-54(46)47)56-48-25-10-7-21-42(48)43-30-29-38(32-51(43)56)41-24-14-27-50-53(41)45-23-8-11-26-49(45)55(50)39-19-5-2-6-20-39/h1-34H. The van der Waals surface area contributed by atoms with E-state index in [4.69, 9.17) is 0 Å². The lowest BCUT2D eigenvalue weighted by molar-refractivity contribution is 1.18. The van der Waals surface area contributed by atoms with Crippen LogP contribution in [0.5, 0.6) is 0 Å². The first kappa shape index (κ1) is 32.1. The van der Waals surface area contributed by atoms with Crippen LogP contribution in [-0.2, 0) is 0 Å². The van der Waals surface area contributed by atoms with Crippen molar-refractivity contribution in [3.63, 3.8) is 0 Å². The van der Waals surface area contributed by atoms with Gasteiger partial charge in [0.2, 0.25) is 0 Å². The summed E-state index contributed by atoms with van der Waals surface area (Å²) in [6.45, 7) is 0. The molecule has 0 aliphatic rings. The average molecular weight is 743 g/mol. The average Bonchev–Trinajstić information content (AvgIpc) is 3.94. The third-order valence-corrected chi connectivity index (χ3v) is 12.9. The molecule has 266 valence electrons. The Morgan fingerprint density at radius 2 is 0.895 bits per heavy atom. The minimum atomic E-state index is 1.16. The Hall–Kier alpha value is -7.20. The predicted octanol–water partition coefficient (Wildman–Crippen LogP) is 15.2. The van der Waals surface area contributed by atoms with Gasteiger partial charge in [-0.1, -0.05) is 146 Å². The van der Waals surface area contributed by atoms with E-state index in [2.05, 4.69) is 215 Å². The Labute approximate surface area is 333 Å². The number of rotatable bonds is 5. The van der Waals surface area contributed by atoms with E-state index < -0.39 is 0 Å². The van der Waals surface area contributed by atoms with E-state index >= 15 is 0 Å². The summed E-state index contributed by atoms with van der Waals surface area (Å²) in [6, 6.07) is 75.7. The molecule has 12 rings (SSSR count). The number of thiophene rings is 1. The molecule has 0 aliphatic heterocycles. The van der Waals surface area contributed by atoms with Crippen LogP contribution >= 0.6 is 11.3 Å². The SMILES string of the molecule is c1ccc(-c2cccc(-c3cc(-n4c5ccccc5c5ccc(-c6cccc7c6c6ccccc6n7-c6ccccc6)cc54)cc4c3sc3ccccc34)c2)cc1. The fourth-order valence-electron chi connectivity index (χ4n) is 9.18. The summed E-state index contributed by atoms with van der Waals surface area (Å²) in [6.07, 6.45) is 0. The fraction of sp³-hybridized carbons (Fsp3) is 0. The van der Waals surface area contributed by atoms with Crippen molar-refractivity contribution in [2.45, 2.75) is 0 Å². The molecule has 3 heterocycles. The zero-order valence-electron chi connectivity index (χ0n) is 30.9. The molecule has 9 aromatic carbocycles. The molecule has 3 heteroatoms. The molecule has 2 nitrogen and oxygen atoms in total. The lowest BCUT2D eigenvalue weighted by Gasteiger charge is -2.14. The first-order chi connectivity index (χ1) is 28.3. The van der Waals surface area contributed by atoms with Crippen LogP contribution in [0.4, 0.5) is 0 Å². The summed E-state index contributed by atoms with van der Waals surface area (Å²) < 4.78 is 7.52. The molecule has 0 unspecified atom stereocenters. The summed E-state index contributed by atoms with van der Waals surface area (Å²) in [4.78, 5) is 0. The van der Waals surface area contributed by atoms with E-state index in [1.807, 2.05) is 11.3 Å². The van der Waals surface area contributed by atoms with E-state index in [-0.39, 0.29) is 0 Å². The summed E-state index contributed by atoms with van der Waals surface area (Å²) in [5.41, 5.74) is 14.5. The molecule has 0 fully saturated rings. The Balaban J connectivity index is 1.13. The van der Waals surface area contributed by atoms with E-state index in [9.17, 15) is 0 Å². The lowest BCUT2D eigenvalue weighted by Crippen LogP contribution is -1.95. The molecule has 0 saturated carbocycles. The van der Waals surface area contributed by atoms with Gasteiger partial charge >= 0.3 is 0 Å². The van der Waals surface area contributed by atoms with Gasteiger partial charge in [0.05, 0.1) is 22.1 Å². The van der Waals surface area contributed by atoms with Crippen LogP contribution in [0.2, 0.25) is 0 Å².